The maximum Gasteiger partial charge on any atom is 0.171 e. The molecular formula is C12H18BrN. The van der Waals surface area contributed by atoms with Gasteiger partial charge in [0, 0.05) is 24.5 Å². The topological polar surface area (TPSA) is 3.88 Å². The Bertz CT molecular complexity index is 279. The van der Waals surface area contributed by atoms with E-state index in [-0.39, 0.29) is 17.0 Å². The van der Waals surface area contributed by atoms with Gasteiger partial charge >= 0.3 is 0 Å². The lowest BCUT2D eigenvalue weighted by Gasteiger charge is -2.17. The Morgan fingerprint density at radius 2 is 1.93 bits per heavy atom. The smallest absolute Gasteiger partial charge is 0.171 e. The molecule has 1 saturated carbocycles. The van der Waals surface area contributed by atoms with Gasteiger partial charge in [0.25, 0.3) is 0 Å². The summed E-state index contributed by atoms with van der Waals surface area (Å²) in [5.74, 6) is 0. The predicted molar refractivity (Wildman–Crippen MR) is 53.5 cm³/mol. The number of aryl methyl sites for hydroxylation is 1. The van der Waals surface area contributed by atoms with E-state index in [2.05, 4.69) is 36.0 Å². The van der Waals surface area contributed by atoms with Crippen LogP contribution in [0.15, 0.2) is 24.5 Å². The van der Waals surface area contributed by atoms with Crippen molar-refractivity contribution in [1.29, 1.82) is 0 Å². The summed E-state index contributed by atoms with van der Waals surface area (Å²) >= 11 is 0. The number of hydrogen-bond acceptors (Lipinski definition) is 0. The maximum absolute atomic E-state index is 2.40. The lowest BCUT2D eigenvalue weighted by Crippen LogP contribution is -3.00. The zero-order valence-electron chi connectivity index (χ0n) is 8.75. The molecule has 14 heavy (non-hydrogen) atoms. The van der Waals surface area contributed by atoms with Crippen molar-refractivity contribution in [2.24, 2.45) is 0 Å². The van der Waals surface area contributed by atoms with Crippen LogP contribution in [0.1, 0.15) is 43.7 Å². The van der Waals surface area contributed by atoms with Crippen LogP contribution in [0.3, 0.4) is 0 Å². The fourth-order valence-electron chi connectivity index (χ4n) is 2.22. The third-order valence-corrected chi connectivity index (χ3v) is 2.97. The molecule has 0 radical (unpaired) electrons. The molecule has 0 spiro atoms. The molecule has 1 nitrogen and oxygen atoms in total. The summed E-state index contributed by atoms with van der Waals surface area (Å²) in [4.78, 5) is 0. The van der Waals surface area contributed by atoms with Crippen LogP contribution in [0.2, 0.25) is 0 Å². The second-order valence-corrected chi connectivity index (χ2v) is 4.12. The van der Waals surface area contributed by atoms with E-state index in [4.69, 9.17) is 0 Å². The average molecular weight is 256 g/mol. The van der Waals surface area contributed by atoms with Gasteiger partial charge in [0.15, 0.2) is 18.4 Å². The van der Waals surface area contributed by atoms with Gasteiger partial charge in [0.2, 0.25) is 0 Å². The van der Waals surface area contributed by atoms with E-state index in [9.17, 15) is 0 Å². The highest BCUT2D eigenvalue weighted by Crippen LogP contribution is 2.23. The minimum Gasteiger partial charge on any atom is -1.00 e. The van der Waals surface area contributed by atoms with Crippen LogP contribution >= 0.6 is 0 Å². The Kier molecular flexibility index (Phi) is 4.59. The van der Waals surface area contributed by atoms with Gasteiger partial charge in [0.05, 0.1) is 0 Å². The summed E-state index contributed by atoms with van der Waals surface area (Å²) in [6, 6.07) is 5.09. The highest BCUT2D eigenvalue weighted by Gasteiger charge is 2.20. The molecule has 2 rings (SSSR count). The average Bonchev–Trinajstić information content (AvgIpc) is 2.19. The highest BCUT2D eigenvalue weighted by atomic mass is 79.9. The molecule has 0 bridgehead atoms. The van der Waals surface area contributed by atoms with E-state index in [1.165, 1.54) is 37.7 Å². The lowest BCUT2D eigenvalue weighted by atomic mass is 9.95. The van der Waals surface area contributed by atoms with Gasteiger partial charge in [-0.3, -0.25) is 0 Å². The second kappa shape index (κ2) is 5.50. The number of pyridine rings is 1. The van der Waals surface area contributed by atoms with E-state index in [0.717, 1.165) is 6.04 Å². The first kappa shape index (κ1) is 11.7. The molecule has 1 aliphatic rings. The van der Waals surface area contributed by atoms with E-state index in [1.807, 2.05) is 0 Å². The van der Waals surface area contributed by atoms with E-state index in [0.29, 0.717) is 0 Å². The molecule has 0 amide bonds. The summed E-state index contributed by atoms with van der Waals surface area (Å²) in [6.07, 6.45) is 11.5. The van der Waals surface area contributed by atoms with Crippen LogP contribution in [0.5, 0.6) is 0 Å². The molecule has 1 aromatic heterocycles. The summed E-state index contributed by atoms with van der Waals surface area (Å²) < 4.78 is 2.40. The van der Waals surface area contributed by atoms with Gasteiger partial charge in [-0.05, 0) is 25.8 Å². The van der Waals surface area contributed by atoms with Gasteiger partial charge in [-0.25, -0.2) is 4.57 Å². The van der Waals surface area contributed by atoms with Crippen molar-refractivity contribution >= 4 is 0 Å². The Morgan fingerprint density at radius 3 is 2.57 bits per heavy atom. The molecule has 1 aromatic rings. The summed E-state index contributed by atoms with van der Waals surface area (Å²) in [6.45, 7) is 2.17. The minimum absolute atomic E-state index is 0. The molecule has 0 atom stereocenters. The van der Waals surface area contributed by atoms with Gasteiger partial charge in [-0.15, -0.1) is 0 Å². The molecular weight excluding hydrogens is 238 g/mol. The van der Waals surface area contributed by atoms with Crippen LogP contribution in [0.25, 0.3) is 0 Å². The summed E-state index contributed by atoms with van der Waals surface area (Å²) in [5, 5.41) is 0. The van der Waals surface area contributed by atoms with E-state index >= 15 is 0 Å². The van der Waals surface area contributed by atoms with E-state index < -0.39 is 0 Å². The molecule has 1 fully saturated rings. The van der Waals surface area contributed by atoms with Crippen molar-refractivity contribution in [2.45, 2.75) is 45.1 Å². The monoisotopic (exact) mass is 255 g/mol. The second-order valence-electron chi connectivity index (χ2n) is 4.12. The van der Waals surface area contributed by atoms with Crippen LogP contribution in [-0.4, -0.2) is 0 Å². The molecule has 0 aliphatic heterocycles. The molecule has 0 unspecified atom stereocenters. The maximum atomic E-state index is 2.40. The van der Waals surface area contributed by atoms with Crippen molar-refractivity contribution in [3.05, 3.63) is 30.1 Å². The molecule has 0 aromatic carbocycles. The van der Waals surface area contributed by atoms with Gasteiger partial charge < -0.3 is 17.0 Å². The normalized spacial score (nSPS) is 17.5. The zero-order valence-corrected chi connectivity index (χ0v) is 10.3. The van der Waals surface area contributed by atoms with Crippen LogP contribution in [-0.2, 0) is 0 Å². The lowest BCUT2D eigenvalue weighted by molar-refractivity contribution is -0.726. The number of halogens is 1. The number of hydrogen-bond donors (Lipinski definition) is 0. The van der Waals surface area contributed by atoms with Crippen molar-refractivity contribution in [2.75, 3.05) is 0 Å². The van der Waals surface area contributed by atoms with Crippen molar-refractivity contribution < 1.29 is 21.5 Å². The Labute approximate surface area is 96.9 Å². The number of nitrogens with zero attached hydrogens (tertiary/aromatic N) is 1. The first-order valence-electron chi connectivity index (χ1n) is 5.34. The highest BCUT2D eigenvalue weighted by molar-refractivity contribution is 5.01. The van der Waals surface area contributed by atoms with Crippen molar-refractivity contribution in [3.63, 3.8) is 0 Å². The summed E-state index contributed by atoms with van der Waals surface area (Å²) in [5.41, 5.74) is 1.37. The van der Waals surface area contributed by atoms with Gasteiger partial charge in [-0.1, -0.05) is 6.42 Å². The van der Waals surface area contributed by atoms with Crippen molar-refractivity contribution in [3.8, 4) is 0 Å². The molecule has 0 N–H and O–H groups in total. The largest absolute Gasteiger partial charge is 1.00 e. The summed E-state index contributed by atoms with van der Waals surface area (Å²) in [7, 11) is 0. The quantitative estimate of drug-likeness (QED) is 0.612. The number of aromatic nitrogens is 1. The van der Waals surface area contributed by atoms with E-state index in [1.54, 1.807) is 0 Å². The first-order chi connectivity index (χ1) is 6.36. The Morgan fingerprint density at radius 1 is 1.21 bits per heavy atom. The molecule has 1 aliphatic carbocycles. The van der Waals surface area contributed by atoms with Gasteiger partial charge in [-0.2, -0.15) is 0 Å². The first-order valence-corrected chi connectivity index (χ1v) is 5.34. The SMILES string of the molecule is Cc1ccc[n+](C2CCCCC2)c1.[Br-]. The molecule has 2 heteroatoms. The van der Waals surface area contributed by atoms with Crippen molar-refractivity contribution in [1.82, 2.24) is 0 Å². The number of rotatable bonds is 1. The van der Waals surface area contributed by atoms with Gasteiger partial charge in [0.1, 0.15) is 0 Å². The third kappa shape index (κ3) is 2.81. The Balaban J connectivity index is 0.000000980. The Hall–Kier alpha value is -0.370. The van der Waals surface area contributed by atoms with Crippen LogP contribution < -0.4 is 21.5 Å². The zero-order chi connectivity index (χ0) is 9.10. The van der Waals surface area contributed by atoms with Crippen LogP contribution in [0, 0.1) is 6.92 Å². The minimum atomic E-state index is 0. The standard InChI is InChI=1S/C12H18N.BrH/c1-11-6-5-9-13(10-11)12-7-3-2-4-8-12;/h5-6,9-10,12H,2-4,7-8H2,1H3;1H/q+1;/p-1. The predicted octanol–water partition coefficient (Wildman–Crippen LogP) is -0.208. The molecule has 78 valence electrons. The fraction of sp³-hybridized carbons (Fsp3) is 0.583. The third-order valence-electron chi connectivity index (χ3n) is 2.97. The molecule has 0 saturated heterocycles. The fourth-order valence-corrected chi connectivity index (χ4v) is 2.22. The molecule has 1 heterocycles. The van der Waals surface area contributed by atoms with Crippen LogP contribution in [0.4, 0.5) is 0 Å².